The van der Waals surface area contributed by atoms with Gasteiger partial charge in [0.1, 0.15) is 0 Å². The van der Waals surface area contributed by atoms with Crippen molar-refractivity contribution >= 4 is 38.6 Å². The molecule has 69 heavy (non-hydrogen) atoms. The quantitative estimate of drug-likeness (QED) is 0.132. The molecule has 12 aromatic rings. The van der Waals surface area contributed by atoms with Crippen molar-refractivity contribution in [1.29, 1.82) is 0 Å². The van der Waals surface area contributed by atoms with E-state index in [1.54, 1.807) is 0 Å². The Morgan fingerprint density at radius 3 is 1.17 bits per heavy atom. The Balaban J connectivity index is 1.03. The molecule has 0 fully saturated rings. The summed E-state index contributed by atoms with van der Waals surface area (Å²) in [6, 6.07) is 104. The first-order chi connectivity index (χ1) is 34.2. The topological polar surface area (TPSA) is 3.24 Å². The zero-order valence-corrected chi connectivity index (χ0v) is 38.1. The van der Waals surface area contributed by atoms with Crippen LogP contribution in [-0.2, 0) is 0 Å². The van der Waals surface area contributed by atoms with E-state index in [-0.39, 0.29) is 0 Å². The van der Waals surface area contributed by atoms with Crippen LogP contribution in [0.1, 0.15) is 0 Å². The molecule has 0 radical (unpaired) electrons. The second kappa shape index (κ2) is 18.3. The lowest BCUT2D eigenvalue weighted by atomic mass is 9.91. The maximum atomic E-state index is 2.45. The fourth-order valence-corrected chi connectivity index (χ4v) is 10.0. The number of anilines is 3. The number of hydrogen-bond acceptors (Lipinski definition) is 1. The maximum Gasteiger partial charge on any atom is 0.0546 e. The molecule has 12 aromatic carbocycles. The molecule has 0 unspecified atom stereocenters. The molecule has 12 rings (SSSR count). The van der Waals surface area contributed by atoms with Crippen LogP contribution in [0.15, 0.2) is 285 Å². The van der Waals surface area contributed by atoms with Gasteiger partial charge in [-0.25, -0.2) is 0 Å². The molecule has 1 heteroatoms. The van der Waals surface area contributed by atoms with Gasteiger partial charge in [0, 0.05) is 16.9 Å². The highest BCUT2D eigenvalue weighted by molar-refractivity contribution is 6.04. The number of nitrogens with zero attached hydrogens (tertiary/aromatic N) is 1. The van der Waals surface area contributed by atoms with Gasteiger partial charge < -0.3 is 4.90 Å². The molecule has 0 amide bonds. The van der Waals surface area contributed by atoms with Crippen molar-refractivity contribution in [3.05, 3.63) is 285 Å². The van der Waals surface area contributed by atoms with Crippen molar-refractivity contribution in [1.82, 2.24) is 0 Å². The van der Waals surface area contributed by atoms with E-state index in [2.05, 4.69) is 290 Å². The highest BCUT2D eigenvalue weighted by Crippen LogP contribution is 2.46. The third-order valence-electron chi connectivity index (χ3n) is 13.5. The summed E-state index contributed by atoms with van der Waals surface area (Å²) in [6.45, 7) is 0. The number of rotatable bonds is 10. The fraction of sp³-hybridized carbons (Fsp3) is 0. The first-order valence-electron chi connectivity index (χ1n) is 23.7. The van der Waals surface area contributed by atoms with Gasteiger partial charge in [-0.15, -0.1) is 0 Å². The summed E-state index contributed by atoms with van der Waals surface area (Å²) >= 11 is 0. The van der Waals surface area contributed by atoms with Crippen molar-refractivity contribution in [2.45, 2.75) is 0 Å². The van der Waals surface area contributed by atoms with E-state index >= 15 is 0 Å². The van der Waals surface area contributed by atoms with Crippen LogP contribution >= 0.6 is 0 Å². The van der Waals surface area contributed by atoms with Crippen LogP contribution in [-0.4, -0.2) is 0 Å². The third-order valence-corrected chi connectivity index (χ3v) is 13.5. The average molecular weight is 878 g/mol. The van der Waals surface area contributed by atoms with Crippen LogP contribution in [0.25, 0.3) is 99.4 Å². The predicted octanol–water partition coefficient (Wildman–Crippen LogP) is 19.1. The first kappa shape index (κ1) is 41.4. The van der Waals surface area contributed by atoms with E-state index in [9.17, 15) is 0 Å². The molecule has 0 aliphatic rings. The van der Waals surface area contributed by atoms with Crippen molar-refractivity contribution in [2.24, 2.45) is 0 Å². The van der Waals surface area contributed by atoms with Crippen molar-refractivity contribution < 1.29 is 0 Å². The van der Waals surface area contributed by atoms with Crippen molar-refractivity contribution in [3.8, 4) is 77.9 Å². The molecule has 1 nitrogen and oxygen atoms in total. The Morgan fingerprint density at radius 2 is 0.580 bits per heavy atom. The molecule has 0 saturated carbocycles. The van der Waals surface area contributed by atoms with Crippen LogP contribution in [0.5, 0.6) is 0 Å². The highest BCUT2D eigenvalue weighted by Gasteiger charge is 2.21. The van der Waals surface area contributed by atoms with Crippen LogP contribution in [0, 0.1) is 0 Å². The summed E-state index contributed by atoms with van der Waals surface area (Å²) in [7, 11) is 0. The third kappa shape index (κ3) is 8.18. The van der Waals surface area contributed by atoms with E-state index < -0.39 is 0 Å². The molecule has 0 saturated heterocycles. The summed E-state index contributed by atoms with van der Waals surface area (Å²) in [5.41, 5.74) is 19.9. The van der Waals surface area contributed by atoms with Crippen molar-refractivity contribution in [2.75, 3.05) is 4.90 Å². The summed E-state index contributed by atoms with van der Waals surface area (Å²) in [5.74, 6) is 0. The van der Waals surface area contributed by atoms with Crippen molar-refractivity contribution in [3.63, 3.8) is 0 Å². The monoisotopic (exact) mass is 877 g/mol. The van der Waals surface area contributed by atoms with Gasteiger partial charge in [-0.05, 0) is 136 Å². The smallest absolute Gasteiger partial charge is 0.0546 e. The van der Waals surface area contributed by atoms with Gasteiger partial charge in [-0.1, -0.05) is 243 Å². The minimum atomic E-state index is 1.07. The van der Waals surface area contributed by atoms with E-state index in [1.807, 2.05) is 0 Å². The Morgan fingerprint density at radius 1 is 0.188 bits per heavy atom. The van der Waals surface area contributed by atoms with Gasteiger partial charge in [0.2, 0.25) is 0 Å². The van der Waals surface area contributed by atoms with Gasteiger partial charge in [-0.3, -0.25) is 0 Å². The molecule has 324 valence electrons. The lowest BCUT2D eigenvalue weighted by Crippen LogP contribution is -2.11. The molecule has 0 bridgehead atoms. The summed E-state index contributed by atoms with van der Waals surface area (Å²) in [6.07, 6.45) is 0. The second-order valence-electron chi connectivity index (χ2n) is 17.7. The van der Waals surface area contributed by atoms with Gasteiger partial charge in [0.25, 0.3) is 0 Å². The van der Waals surface area contributed by atoms with Gasteiger partial charge >= 0.3 is 0 Å². The molecule has 0 heterocycles. The Hall–Kier alpha value is -9.04. The van der Waals surface area contributed by atoms with Gasteiger partial charge in [0.05, 0.1) is 5.69 Å². The van der Waals surface area contributed by atoms with Crippen LogP contribution in [0.4, 0.5) is 17.1 Å². The average Bonchev–Trinajstić information content (AvgIpc) is 3.44. The molecule has 0 atom stereocenters. The van der Waals surface area contributed by atoms with Crippen LogP contribution in [0.2, 0.25) is 0 Å². The maximum absolute atomic E-state index is 2.45. The summed E-state index contributed by atoms with van der Waals surface area (Å²) in [4.78, 5) is 2.45. The first-order valence-corrected chi connectivity index (χ1v) is 23.7. The SMILES string of the molecule is c1ccc(-c2cccc(-c3ccc(N(c4ccc(-c5ccc(-c6ccccc6)c(-c6ccccc6)c5)cc4)c4cc(-c5cccc6ccccc56)ccc4-c4cccc5ccccc45)cc3)c2)cc1. The van der Waals surface area contributed by atoms with E-state index in [4.69, 9.17) is 0 Å². The Bertz CT molecular complexity index is 3730. The predicted molar refractivity (Wildman–Crippen MR) is 294 cm³/mol. The second-order valence-corrected chi connectivity index (χ2v) is 17.7. The molecule has 0 spiro atoms. The zero-order chi connectivity index (χ0) is 45.9. The number of fused-ring (bicyclic) bond motifs is 2. The number of hydrogen-bond donors (Lipinski definition) is 0. The minimum absolute atomic E-state index is 1.07. The minimum Gasteiger partial charge on any atom is -0.310 e. The fourth-order valence-electron chi connectivity index (χ4n) is 10.0. The molecular formula is C68H47N. The molecular weight excluding hydrogens is 831 g/mol. The van der Waals surface area contributed by atoms with Crippen LogP contribution < -0.4 is 4.90 Å². The number of benzene rings is 12. The Labute approximate surface area is 404 Å². The lowest BCUT2D eigenvalue weighted by molar-refractivity contribution is 1.28. The summed E-state index contributed by atoms with van der Waals surface area (Å²) < 4.78 is 0. The largest absolute Gasteiger partial charge is 0.310 e. The molecule has 0 aliphatic carbocycles. The standard InChI is InChI=1S/C68H47N/c1-4-17-48(18-5-1)55-27-14-28-56(45-55)49-33-39-59(40-34-49)69(60-41-35-50(36-42-60)57-37-43-64(51-19-6-2-7-20-51)67(46-57)54-21-8-3-9-22-54)68-47-58(63-31-15-25-52-23-10-12-29-61(52)63)38-44-66(68)65-32-16-26-53-24-11-13-30-62(53)65/h1-47H. The lowest BCUT2D eigenvalue weighted by Gasteiger charge is -2.29. The highest BCUT2D eigenvalue weighted by atomic mass is 15.1. The van der Waals surface area contributed by atoms with Crippen LogP contribution in [0.3, 0.4) is 0 Å². The van der Waals surface area contributed by atoms with Gasteiger partial charge in [0.15, 0.2) is 0 Å². The van der Waals surface area contributed by atoms with Gasteiger partial charge in [-0.2, -0.15) is 0 Å². The summed E-state index contributed by atoms with van der Waals surface area (Å²) in [5, 5.41) is 4.89. The Kier molecular flexibility index (Phi) is 11.0. The molecule has 0 aromatic heterocycles. The normalized spacial score (nSPS) is 11.2. The zero-order valence-electron chi connectivity index (χ0n) is 38.1. The molecule has 0 N–H and O–H groups in total. The van der Waals surface area contributed by atoms with E-state index in [0.29, 0.717) is 0 Å². The van der Waals surface area contributed by atoms with E-state index in [1.165, 1.54) is 82.7 Å². The molecule has 0 aliphatic heterocycles. The van der Waals surface area contributed by atoms with E-state index in [0.717, 1.165) is 33.8 Å².